The molecule has 2 atom stereocenters. The molecule has 0 spiro atoms. The summed E-state index contributed by atoms with van der Waals surface area (Å²) in [6, 6.07) is -1.25. The minimum atomic E-state index is -2.98. The number of halogens is 2. The molecule has 10 nitrogen and oxygen atoms in total. The van der Waals surface area contributed by atoms with Gasteiger partial charge in [0, 0.05) is 19.5 Å². The van der Waals surface area contributed by atoms with E-state index in [-0.39, 0.29) is 6.54 Å². The van der Waals surface area contributed by atoms with Crippen molar-refractivity contribution in [2.75, 3.05) is 13.1 Å². The number of aromatic amines is 1. The molecule has 1 amide bonds. The van der Waals surface area contributed by atoms with Gasteiger partial charge in [0.15, 0.2) is 5.82 Å². The summed E-state index contributed by atoms with van der Waals surface area (Å²) in [5, 5.41) is 22.2. The molecule has 0 radical (unpaired) electrons. The molecule has 2 N–H and O–H groups in total. The van der Waals surface area contributed by atoms with Gasteiger partial charge in [0.2, 0.25) is 0 Å². The lowest BCUT2D eigenvalue weighted by Crippen LogP contribution is -2.45. The third-order valence-corrected chi connectivity index (χ3v) is 4.97. The maximum atomic E-state index is 14.2. The van der Waals surface area contributed by atoms with Crippen LogP contribution in [0.3, 0.4) is 0 Å². The second-order valence-electron chi connectivity index (χ2n) is 8.89. The molecule has 1 aliphatic heterocycles. The van der Waals surface area contributed by atoms with Crippen LogP contribution in [0.25, 0.3) is 0 Å². The number of ether oxygens (including phenoxy) is 1. The molecule has 2 aromatic rings. The first kappa shape index (κ1) is 23.0. The lowest BCUT2D eigenvalue weighted by atomic mass is 10.1. The molecule has 0 aromatic carbocycles. The quantitative estimate of drug-likeness (QED) is 0.680. The van der Waals surface area contributed by atoms with E-state index in [4.69, 9.17) is 4.74 Å². The molecule has 12 heteroatoms. The maximum Gasteiger partial charge on any atom is 0.410 e. The van der Waals surface area contributed by atoms with Gasteiger partial charge in [-0.05, 0) is 50.1 Å². The molecule has 1 aliphatic rings. The summed E-state index contributed by atoms with van der Waals surface area (Å²) in [7, 11) is 0. The van der Waals surface area contributed by atoms with E-state index < -0.39 is 42.7 Å². The minimum Gasteiger partial charge on any atom is -0.444 e. The number of amides is 1. The summed E-state index contributed by atoms with van der Waals surface area (Å²) in [6.45, 7) is 9.06. The van der Waals surface area contributed by atoms with E-state index in [1.54, 1.807) is 31.6 Å². The molecule has 3 rings (SSSR count). The van der Waals surface area contributed by atoms with Crippen LogP contribution >= 0.6 is 0 Å². The zero-order valence-corrected chi connectivity index (χ0v) is 18.5. The van der Waals surface area contributed by atoms with Crippen LogP contribution < -0.4 is 5.32 Å². The van der Waals surface area contributed by atoms with Crippen LogP contribution in [0.15, 0.2) is 6.20 Å². The number of aromatic nitrogens is 6. The Labute approximate surface area is 179 Å². The number of likely N-dealkylation sites (tertiary alicyclic amines) is 1. The lowest BCUT2D eigenvalue weighted by Gasteiger charge is -2.29. The van der Waals surface area contributed by atoms with Crippen LogP contribution in [0.5, 0.6) is 0 Å². The first-order valence-corrected chi connectivity index (χ1v) is 10.4. The third-order valence-electron chi connectivity index (χ3n) is 4.97. The van der Waals surface area contributed by atoms with Crippen molar-refractivity contribution in [2.24, 2.45) is 0 Å². The van der Waals surface area contributed by atoms with E-state index in [2.05, 4.69) is 31.0 Å². The summed E-state index contributed by atoms with van der Waals surface area (Å²) < 4.78 is 35.4. The molecule has 2 aromatic heterocycles. The maximum absolute atomic E-state index is 14.2. The Bertz CT molecular complexity index is 892. The highest BCUT2D eigenvalue weighted by molar-refractivity contribution is 5.69. The number of nitrogens with zero attached hydrogens (tertiary/aromatic N) is 6. The summed E-state index contributed by atoms with van der Waals surface area (Å²) >= 11 is 0. The average Bonchev–Trinajstić information content (AvgIpc) is 3.34. The molecule has 0 bridgehead atoms. The van der Waals surface area contributed by atoms with Crippen molar-refractivity contribution in [3.63, 3.8) is 0 Å². The van der Waals surface area contributed by atoms with Crippen LogP contribution in [0, 0.1) is 6.92 Å². The highest BCUT2D eigenvalue weighted by Gasteiger charge is 2.48. The highest BCUT2D eigenvalue weighted by Crippen LogP contribution is 2.33. The number of rotatable bonds is 7. The first-order valence-electron chi connectivity index (χ1n) is 10.4. The number of hydrogen-bond acceptors (Lipinski definition) is 7. The molecule has 31 heavy (non-hydrogen) atoms. The number of nitrogens with one attached hydrogen (secondary N) is 2. The SMILES string of the molecule is CCCn1nnnc1C(NC[C@@H]1CC(F)(F)CN1C(=O)OC(C)(C)C)c1[nH]ncc1C. The van der Waals surface area contributed by atoms with Gasteiger partial charge in [-0.25, -0.2) is 18.3 Å². The molecule has 172 valence electrons. The Kier molecular flexibility index (Phi) is 6.58. The molecular weight excluding hydrogens is 410 g/mol. The summed E-state index contributed by atoms with van der Waals surface area (Å²) in [6.07, 6.45) is 1.30. The van der Waals surface area contributed by atoms with E-state index in [0.717, 1.165) is 22.6 Å². The van der Waals surface area contributed by atoms with Crippen LogP contribution in [0.4, 0.5) is 13.6 Å². The van der Waals surface area contributed by atoms with Gasteiger partial charge in [-0.1, -0.05) is 6.92 Å². The van der Waals surface area contributed by atoms with Crippen LogP contribution in [0.1, 0.15) is 63.7 Å². The van der Waals surface area contributed by atoms with Gasteiger partial charge < -0.3 is 10.1 Å². The number of carbonyl (C=O) groups excluding carboxylic acids is 1. The summed E-state index contributed by atoms with van der Waals surface area (Å²) in [5.74, 6) is -2.44. The van der Waals surface area contributed by atoms with Gasteiger partial charge >= 0.3 is 6.09 Å². The largest absolute Gasteiger partial charge is 0.444 e. The van der Waals surface area contributed by atoms with Crippen LogP contribution in [-0.4, -0.2) is 72.1 Å². The zero-order valence-electron chi connectivity index (χ0n) is 18.5. The Morgan fingerprint density at radius 1 is 1.45 bits per heavy atom. The minimum absolute atomic E-state index is 0.108. The zero-order chi connectivity index (χ0) is 22.8. The van der Waals surface area contributed by atoms with Gasteiger partial charge in [0.25, 0.3) is 5.92 Å². The number of alkyl halides is 2. The van der Waals surface area contributed by atoms with Crippen molar-refractivity contribution >= 4 is 6.09 Å². The Hall–Kier alpha value is -2.63. The van der Waals surface area contributed by atoms with Gasteiger partial charge in [-0.15, -0.1) is 5.10 Å². The molecule has 1 saturated heterocycles. The van der Waals surface area contributed by atoms with E-state index in [9.17, 15) is 13.6 Å². The van der Waals surface area contributed by atoms with Gasteiger partial charge in [0.1, 0.15) is 11.6 Å². The van der Waals surface area contributed by atoms with Gasteiger partial charge in [-0.2, -0.15) is 5.10 Å². The fourth-order valence-corrected chi connectivity index (χ4v) is 3.63. The van der Waals surface area contributed by atoms with Crippen molar-refractivity contribution in [3.8, 4) is 0 Å². The fraction of sp³-hybridized carbons (Fsp3) is 0.737. The number of carbonyl (C=O) groups is 1. The molecular formula is C19H30F2N8O2. The van der Waals surface area contributed by atoms with E-state index in [1.807, 2.05) is 13.8 Å². The highest BCUT2D eigenvalue weighted by atomic mass is 19.3. The second kappa shape index (κ2) is 8.85. The van der Waals surface area contributed by atoms with Crippen molar-refractivity contribution < 1.29 is 18.3 Å². The monoisotopic (exact) mass is 440 g/mol. The number of aryl methyl sites for hydroxylation is 2. The van der Waals surface area contributed by atoms with E-state index in [0.29, 0.717) is 12.4 Å². The number of H-pyrrole nitrogens is 1. The van der Waals surface area contributed by atoms with Gasteiger partial charge in [0.05, 0.1) is 24.5 Å². The molecule has 0 aliphatic carbocycles. The van der Waals surface area contributed by atoms with E-state index in [1.165, 1.54) is 0 Å². The van der Waals surface area contributed by atoms with Crippen molar-refractivity contribution in [2.45, 2.75) is 77.6 Å². The van der Waals surface area contributed by atoms with Crippen LogP contribution in [0.2, 0.25) is 0 Å². The smallest absolute Gasteiger partial charge is 0.410 e. The second-order valence-corrected chi connectivity index (χ2v) is 8.89. The van der Waals surface area contributed by atoms with E-state index >= 15 is 0 Å². The van der Waals surface area contributed by atoms with Crippen molar-refractivity contribution in [1.82, 2.24) is 40.6 Å². The average molecular weight is 440 g/mol. The number of tetrazole rings is 1. The molecule has 1 unspecified atom stereocenters. The van der Waals surface area contributed by atoms with Crippen molar-refractivity contribution in [1.29, 1.82) is 0 Å². The topological polar surface area (TPSA) is 114 Å². The summed E-state index contributed by atoms with van der Waals surface area (Å²) in [4.78, 5) is 13.6. The normalized spacial score (nSPS) is 19.6. The Balaban J connectivity index is 1.82. The van der Waals surface area contributed by atoms with Gasteiger partial charge in [-0.3, -0.25) is 10.00 Å². The third kappa shape index (κ3) is 5.54. The van der Waals surface area contributed by atoms with Crippen LogP contribution in [-0.2, 0) is 11.3 Å². The standard InChI is InChI=1S/C19H30F2N8O2/c1-6-7-29-16(25-26-27-29)15(14-12(2)9-23-24-14)22-10-13-8-19(20,21)11-28(13)17(30)31-18(3,4)5/h9,13,15,22H,6-8,10-11H2,1-5H3,(H,23,24)/t13-,15?/m0/s1. The Morgan fingerprint density at radius 2 is 2.19 bits per heavy atom. The van der Waals surface area contributed by atoms with Crippen molar-refractivity contribution in [3.05, 3.63) is 23.3 Å². The predicted octanol–water partition coefficient (Wildman–Crippen LogP) is 2.44. The molecule has 0 saturated carbocycles. The Morgan fingerprint density at radius 3 is 2.81 bits per heavy atom. The summed E-state index contributed by atoms with van der Waals surface area (Å²) in [5.41, 5.74) is 0.843. The first-order chi connectivity index (χ1) is 14.5. The fourth-order valence-electron chi connectivity index (χ4n) is 3.63. The predicted molar refractivity (Wildman–Crippen MR) is 108 cm³/mol. The lowest BCUT2D eigenvalue weighted by molar-refractivity contribution is -0.00241. The number of hydrogen-bond donors (Lipinski definition) is 2. The molecule has 1 fully saturated rings. The molecule has 3 heterocycles.